The first-order valence-corrected chi connectivity index (χ1v) is 7.12. The van der Waals surface area contributed by atoms with Crippen molar-refractivity contribution in [2.75, 3.05) is 10.0 Å². The van der Waals surface area contributed by atoms with Gasteiger partial charge < -0.3 is 0 Å². The third-order valence-corrected chi connectivity index (χ3v) is 4.16. The van der Waals surface area contributed by atoms with E-state index in [0.717, 1.165) is 23.0 Å². The molecule has 1 atom stereocenters. The predicted molar refractivity (Wildman–Crippen MR) is 78.5 cm³/mol. The molecule has 2 aromatic rings. The number of rotatable bonds is 1. The van der Waals surface area contributed by atoms with Crippen LogP contribution in [-0.2, 0) is 11.2 Å². The van der Waals surface area contributed by atoms with Gasteiger partial charge in [0.15, 0.2) is 0 Å². The second-order valence-corrected chi connectivity index (χ2v) is 5.42. The monoisotopic (exact) mass is 299 g/mol. The Labute approximate surface area is 126 Å². The minimum Gasteiger partial charge on any atom is -0.276 e. The number of carbonyl (C=O) groups excluding carboxylic acids is 1. The van der Waals surface area contributed by atoms with Gasteiger partial charge in [0.2, 0.25) is 0 Å². The number of carbonyl (C=O) groups is 1. The number of hydrazine groups is 2. The van der Waals surface area contributed by atoms with Crippen molar-refractivity contribution in [1.29, 1.82) is 0 Å². The van der Waals surface area contributed by atoms with Crippen LogP contribution in [0.15, 0.2) is 48.5 Å². The van der Waals surface area contributed by atoms with Crippen molar-refractivity contribution in [3.8, 4) is 0 Å². The lowest BCUT2D eigenvalue weighted by Crippen LogP contribution is -2.46. The maximum atomic E-state index is 13.1. The molecule has 4 rings (SSSR count). The SMILES string of the molecule is O=C1C2CCc3ccccc3N2N(O)N1c1ccc(F)cc1. The molecule has 1 saturated heterocycles. The van der Waals surface area contributed by atoms with E-state index in [0.29, 0.717) is 12.1 Å². The van der Waals surface area contributed by atoms with Gasteiger partial charge in [0.1, 0.15) is 11.9 Å². The summed E-state index contributed by atoms with van der Waals surface area (Å²) in [4.78, 5) is 12.6. The molecule has 2 aromatic carbocycles. The van der Waals surface area contributed by atoms with E-state index >= 15 is 0 Å². The van der Waals surface area contributed by atoms with Crippen LogP contribution in [0.4, 0.5) is 15.8 Å². The highest BCUT2D eigenvalue weighted by molar-refractivity contribution is 6.01. The fourth-order valence-electron chi connectivity index (χ4n) is 3.12. The first-order chi connectivity index (χ1) is 10.7. The third-order valence-electron chi connectivity index (χ3n) is 4.16. The maximum Gasteiger partial charge on any atom is 0.269 e. The topological polar surface area (TPSA) is 47.0 Å². The molecule has 0 spiro atoms. The molecule has 1 amide bonds. The van der Waals surface area contributed by atoms with E-state index in [4.69, 9.17) is 0 Å². The maximum absolute atomic E-state index is 13.1. The molecule has 0 aliphatic carbocycles. The van der Waals surface area contributed by atoms with E-state index in [2.05, 4.69) is 0 Å². The van der Waals surface area contributed by atoms with Crippen molar-refractivity contribution in [2.45, 2.75) is 18.9 Å². The number of fused-ring (bicyclic) bond motifs is 3. The van der Waals surface area contributed by atoms with Gasteiger partial charge in [-0.1, -0.05) is 18.2 Å². The summed E-state index contributed by atoms with van der Waals surface area (Å²) in [7, 11) is 0. The Bertz CT molecular complexity index is 734. The summed E-state index contributed by atoms with van der Waals surface area (Å²) in [6, 6.07) is 12.7. The highest BCUT2D eigenvalue weighted by Crippen LogP contribution is 2.38. The van der Waals surface area contributed by atoms with Crippen LogP contribution in [0.5, 0.6) is 0 Å². The Hall–Kier alpha value is -2.44. The van der Waals surface area contributed by atoms with Gasteiger partial charge in [-0.2, -0.15) is 5.01 Å². The molecule has 1 fully saturated rings. The smallest absolute Gasteiger partial charge is 0.269 e. The third kappa shape index (κ3) is 1.81. The van der Waals surface area contributed by atoms with Crippen molar-refractivity contribution in [3.05, 3.63) is 59.9 Å². The number of amides is 1. The van der Waals surface area contributed by atoms with Crippen LogP contribution in [0.25, 0.3) is 0 Å². The highest BCUT2D eigenvalue weighted by atomic mass is 19.1. The number of aryl methyl sites for hydroxylation is 1. The van der Waals surface area contributed by atoms with E-state index in [1.165, 1.54) is 29.3 Å². The second-order valence-electron chi connectivity index (χ2n) is 5.42. The molecule has 1 unspecified atom stereocenters. The molecule has 2 aliphatic rings. The van der Waals surface area contributed by atoms with E-state index in [1.807, 2.05) is 24.3 Å². The molecule has 0 bridgehead atoms. The summed E-state index contributed by atoms with van der Waals surface area (Å²) in [6.07, 6.45) is 1.42. The van der Waals surface area contributed by atoms with Crippen LogP contribution in [0.2, 0.25) is 0 Å². The number of benzene rings is 2. The van der Waals surface area contributed by atoms with Crippen LogP contribution in [0.1, 0.15) is 12.0 Å². The second kappa shape index (κ2) is 4.79. The zero-order valence-corrected chi connectivity index (χ0v) is 11.7. The molecule has 1 N–H and O–H groups in total. The van der Waals surface area contributed by atoms with E-state index in [9.17, 15) is 14.4 Å². The molecule has 22 heavy (non-hydrogen) atoms. The molecule has 112 valence electrons. The largest absolute Gasteiger partial charge is 0.276 e. The molecule has 0 aromatic heterocycles. The van der Waals surface area contributed by atoms with Gasteiger partial charge in [0, 0.05) is 5.28 Å². The number of para-hydroxylation sites is 1. The van der Waals surface area contributed by atoms with Crippen LogP contribution < -0.4 is 10.0 Å². The fraction of sp³-hybridized carbons (Fsp3) is 0.188. The lowest BCUT2D eigenvalue weighted by molar-refractivity contribution is -0.127. The molecular weight excluding hydrogens is 285 g/mol. The minimum atomic E-state index is -0.440. The van der Waals surface area contributed by atoms with Crippen LogP contribution in [0, 0.1) is 5.82 Å². The summed E-state index contributed by atoms with van der Waals surface area (Å²) < 4.78 is 13.1. The Balaban J connectivity index is 1.76. The average Bonchev–Trinajstić information content (AvgIpc) is 2.80. The number of hydrogen-bond donors (Lipinski definition) is 1. The average molecular weight is 299 g/mol. The molecule has 2 heterocycles. The Morgan fingerprint density at radius 3 is 2.59 bits per heavy atom. The van der Waals surface area contributed by atoms with Gasteiger partial charge >= 0.3 is 0 Å². The lowest BCUT2D eigenvalue weighted by Gasteiger charge is -2.34. The van der Waals surface area contributed by atoms with Crippen molar-refractivity contribution >= 4 is 17.3 Å². The summed E-state index contributed by atoms with van der Waals surface area (Å²) in [5, 5.41) is 14.1. The first kappa shape index (κ1) is 13.2. The zero-order chi connectivity index (χ0) is 15.3. The van der Waals surface area contributed by atoms with Crippen LogP contribution >= 0.6 is 0 Å². The molecule has 6 heteroatoms. The van der Waals surface area contributed by atoms with Crippen LogP contribution in [-0.4, -0.2) is 22.4 Å². The number of hydrogen-bond acceptors (Lipinski definition) is 4. The fourth-order valence-corrected chi connectivity index (χ4v) is 3.12. The van der Waals surface area contributed by atoms with Gasteiger partial charge in [0.25, 0.3) is 5.91 Å². The van der Waals surface area contributed by atoms with Gasteiger partial charge in [-0.25, -0.2) is 4.39 Å². The summed E-state index contributed by atoms with van der Waals surface area (Å²) in [5.41, 5.74) is 2.34. The van der Waals surface area contributed by atoms with Gasteiger partial charge in [-0.05, 0) is 48.7 Å². The lowest BCUT2D eigenvalue weighted by atomic mass is 9.97. The number of halogens is 1. The highest BCUT2D eigenvalue weighted by Gasteiger charge is 2.47. The quantitative estimate of drug-likeness (QED) is 0.879. The van der Waals surface area contributed by atoms with Crippen molar-refractivity contribution in [3.63, 3.8) is 0 Å². The summed E-state index contributed by atoms with van der Waals surface area (Å²) in [5.74, 6) is -0.605. The predicted octanol–water partition coefficient (Wildman–Crippen LogP) is 2.51. The Kier molecular flexibility index (Phi) is 2.88. The number of nitrogens with zero attached hydrogens (tertiary/aromatic N) is 3. The standard InChI is InChI=1S/C16H14FN3O2/c17-12-6-8-13(9-7-12)18-16(21)15-10-5-11-3-1-2-4-14(11)19(15)20(18)22/h1-4,6-9,15,22H,5,10H2. The normalized spacial score (nSPS) is 21.0. The van der Waals surface area contributed by atoms with Gasteiger partial charge in [-0.3, -0.25) is 15.0 Å². The molecule has 2 aliphatic heterocycles. The molecular formula is C16H14FN3O2. The van der Waals surface area contributed by atoms with E-state index < -0.39 is 6.04 Å². The molecule has 5 nitrogen and oxygen atoms in total. The van der Waals surface area contributed by atoms with Crippen molar-refractivity contribution in [1.82, 2.24) is 5.28 Å². The summed E-state index contributed by atoms with van der Waals surface area (Å²) in [6.45, 7) is 0. The van der Waals surface area contributed by atoms with Crippen molar-refractivity contribution < 1.29 is 14.4 Å². The number of anilines is 2. The minimum absolute atomic E-state index is 0.219. The van der Waals surface area contributed by atoms with E-state index in [1.54, 1.807) is 5.01 Å². The Morgan fingerprint density at radius 2 is 1.82 bits per heavy atom. The van der Waals surface area contributed by atoms with Crippen LogP contribution in [0.3, 0.4) is 0 Å². The first-order valence-electron chi connectivity index (χ1n) is 7.12. The van der Waals surface area contributed by atoms with Crippen molar-refractivity contribution in [2.24, 2.45) is 0 Å². The zero-order valence-electron chi connectivity index (χ0n) is 11.7. The molecule has 0 saturated carbocycles. The van der Waals surface area contributed by atoms with Gasteiger partial charge in [-0.15, -0.1) is 0 Å². The Morgan fingerprint density at radius 1 is 1.09 bits per heavy atom. The summed E-state index contributed by atoms with van der Waals surface area (Å²) >= 11 is 0. The van der Waals surface area contributed by atoms with Gasteiger partial charge in [0.05, 0.1) is 11.4 Å². The molecule has 0 radical (unpaired) electrons. The van der Waals surface area contributed by atoms with E-state index in [-0.39, 0.29) is 11.7 Å².